The molecule has 0 radical (unpaired) electrons. The Bertz CT molecular complexity index is 441. The van der Waals surface area contributed by atoms with Gasteiger partial charge < -0.3 is 5.32 Å². The van der Waals surface area contributed by atoms with Gasteiger partial charge in [0.1, 0.15) is 5.02 Å². The number of hydrogen-bond donors (Lipinski definition) is 1. The van der Waals surface area contributed by atoms with Gasteiger partial charge in [-0.15, -0.1) is 12.3 Å². The molecule has 0 aliphatic heterocycles. The summed E-state index contributed by atoms with van der Waals surface area (Å²) in [5, 5.41) is 14.0. The van der Waals surface area contributed by atoms with E-state index in [4.69, 9.17) is 18.0 Å². The second kappa shape index (κ2) is 6.89. The van der Waals surface area contributed by atoms with Crippen LogP contribution in [0.5, 0.6) is 0 Å². The van der Waals surface area contributed by atoms with Crippen molar-refractivity contribution in [2.45, 2.75) is 19.4 Å². The van der Waals surface area contributed by atoms with Gasteiger partial charge in [-0.1, -0.05) is 17.7 Å². The molecular weight excluding hydrogens is 240 g/mol. The topological polar surface area (TPSA) is 55.2 Å². The van der Waals surface area contributed by atoms with Crippen molar-refractivity contribution in [1.82, 2.24) is 5.32 Å². The van der Waals surface area contributed by atoms with E-state index in [1.807, 2.05) is 0 Å². The molecule has 4 nitrogen and oxygen atoms in total. The number of nitrogens with one attached hydrogen (secondary N) is 1. The Morgan fingerprint density at radius 1 is 1.53 bits per heavy atom. The third-order valence-corrected chi connectivity index (χ3v) is 2.53. The zero-order valence-corrected chi connectivity index (χ0v) is 10.0. The minimum absolute atomic E-state index is 0.0606. The number of rotatable bonds is 6. The van der Waals surface area contributed by atoms with Crippen LogP contribution >= 0.6 is 11.6 Å². The van der Waals surface area contributed by atoms with Gasteiger partial charge in [0.25, 0.3) is 5.69 Å². The van der Waals surface area contributed by atoms with Gasteiger partial charge in [-0.25, -0.2) is 0 Å². The first kappa shape index (κ1) is 13.5. The first-order valence-electron chi connectivity index (χ1n) is 5.22. The Hall–Kier alpha value is -1.57. The fourth-order valence-electron chi connectivity index (χ4n) is 1.36. The average Bonchev–Trinajstić information content (AvgIpc) is 2.30. The summed E-state index contributed by atoms with van der Waals surface area (Å²) in [5.74, 6) is 2.55. The molecule has 1 N–H and O–H groups in total. The van der Waals surface area contributed by atoms with E-state index in [1.165, 1.54) is 12.1 Å². The monoisotopic (exact) mass is 252 g/mol. The minimum Gasteiger partial charge on any atom is -0.313 e. The fraction of sp³-hybridized carbons (Fsp3) is 0.333. The second-order valence-electron chi connectivity index (χ2n) is 3.53. The number of nitrogens with zero attached hydrogens (tertiary/aromatic N) is 1. The molecule has 0 fully saturated rings. The van der Waals surface area contributed by atoms with Crippen molar-refractivity contribution in [3.63, 3.8) is 0 Å². The Morgan fingerprint density at radius 2 is 2.29 bits per heavy atom. The van der Waals surface area contributed by atoms with Crippen molar-refractivity contribution in [2.24, 2.45) is 0 Å². The third-order valence-electron chi connectivity index (χ3n) is 2.21. The van der Waals surface area contributed by atoms with Crippen LogP contribution in [0.3, 0.4) is 0 Å². The van der Waals surface area contributed by atoms with E-state index >= 15 is 0 Å². The summed E-state index contributed by atoms with van der Waals surface area (Å²) in [6.07, 6.45) is 6.75. The molecule has 0 unspecified atom stereocenters. The number of benzene rings is 1. The molecule has 0 bridgehead atoms. The summed E-state index contributed by atoms with van der Waals surface area (Å²) in [5.41, 5.74) is 0.774. The Morgan fingerprint density at radius 3 is 2.94 bits per heavy atom. The number of unbranched alkanes of at least 4 members (excludes halogenated alkanes) is 1. The van der Waals surface area contributed by atoms with Crippen LogP contribution in [0.2, 0.25) is 5.02 Å². The van der Waals surface area contributed by atoms with Crippen molar-refractivity contribution in [3.8, 4) is 12.3 Å². The zero-order chi connectivity index (χ0) is 12.7. The first-order chi connectivity index (χ1) is 8.15. The summed E-state index contributed by atoms with van der Waals surface area (Å²) in [6, 6.07) is 4.79. The van der Waals surface area contributed by atoms with E-state index in [-0.39, 0.29) is 10.7 Å². The third kappa shape index (κ3) is 4.43. The summed E-state index contributed by atoms with van der Waals surface area (Å²) < 4.78 is 0. The lowest BCUT2D eigenvalue weighted by Gasteiger charge is -2.04. The number of halogens is 1. The van der Waals surface area contributed by atoms with Crippen molar-refractivity contribution in [3.05, 3.63) is 38.9 Å². The first-order valence-corrected chi connectivity index (χ1v) is 5.60. The molecule has 90 valence electrons. The molecule has 5 heteroatoms. The predicted molar refractivity (Wildman–Crippen MR) is 67.9 cm³/mol. The molecule has 0 aliphatic carbocycles. The second-order valence-corrected chi connectivity index (χ2v) is 3.93. The minimum atomic E-state index is -0.482. The molecule has 1 aromatic rings. The largest absolute Gasteiger partial charge is 0.313 e. The molecule has 0 amide bonds. The predicted octanol–water partition coefficient (Wildman–Crippen LogP) is 2.75. The summed E-state index contributed by atoms with van der Waals surface area (Å²) in [4.78, 5) is 10.2. The fourth-order valence-corrected chi connectivity index (χ4v) is 1.54. The normalized spacial score (nSPS) is 9.88. The van der Waals surface area contributed by atoms with Gasteiger partial charge in [-0.05, 0) is 24.6 Å². The number of hydrogen-bond acceptors (Lipinski definition) is 3. The van der Waals surface area contributed by atoms with Crippen molar-refractivity contribution >= 4 is 17.3 Å². The number of terminal acetylenes is 1. The van der Waals surface area contributed by atoms with Crippen LogP contribution in [-0.4, -0.2) is 11.5 Å². The molecule has 0 saturated heterocycles. The van der Waals surface area contributed by atoms with Crippen LogP contribution in [0.25, 0.3) is 0 Å². The van der Waals surface area contributed by atoms with Gasteiger partial charge in [0, 0.05) is 19.0 Å². The SMILES string of the molecule is C#CCCCNCc1ccc(Cl)c([N+](=O)[O-])c1. The lowest BCUT2D eigenvalue weighted by Crippen LogP contribution is -2.14. The molecular formula is C12H13ClN2O2. The van der Waals surface area contributed by atoms with Crippen LogP contribution < -0.4 is 5.32 Å². The maximum Gasteiger partial charge on any atom is 0.288 e. The van der Waals surface area contributed by atoms with E-state index in [9.17, 15) is 10.1 Å². The highest BCUT2D eigenvalue weighted by atomic mass is 35.5. The lowest BCUT2D eigenvalue weighted by atomic mass is 10.2. The summed E-state index contributed by atoms with van der Waals surface area (Å²) in [7, 11) is 0. The highest BCUT2D eigenvalue weighted by molar-refractivity contribution is 6.32. The molecule has 0 atom stereocenters. The molecule has 1 rings (SSSR count). The van der Waals surface area contributed by atoms with E-state index in [0.717, 1.165) is 24.9 Å². The molecule has 17 heavy (non-hydrogen) atoms. The van der Waals surface area contributed by atoms with Crippen LogP contribution in [0.1, 0.15) is 18.4 Å². The quantitative estimate of drug-likeness (QED) is 0.367. The maximum atomic E-state index is 10.7. The van der Waals surface area contributed by atoms with Crippen molar-refractivity contribution in [1.29, 1.82) is 0 Å². The summed E-state index contributed by atoms with van der Waals surface area (Å²) in [6.45, 7) is 1.36. The molecule has 1 aromatic carbocycles. The lowest BCUT2D eigenvalue weighted by molar-refractivity contribution is -0.384. The van der Waals surface area contributed by atoms with Crippen molar-refractivity contribution in [2.75, 3.05) is 6.54 Å². The molecule has 0 spiro atoms. The summed E-state index contributed by atoms with van der Waals surface area (Å²) >= 11 is 5.71. The van der Waals surface area contributed by atoms with Gasteiger partial charge >= 0.3 is 0 Å². The highest BCUT2D eigenvalue weighted by Gasteiger charge is 2.12. The van der Waals surface area contributed by atoms with Crippen LogP contribution in [0.15, 0.2) is 18.2 Å². The van der Waals surface area contributed by atoms with E-state index in [2.05, 4.69) is 11.2 Å². The van der Waals surface area contributed by atoms with Crippen LogP contribution in [0.4, 0.5) is 5.69 Å². The van der Waals surface area contributed by atoms with E-state index in [0.29, 0.717) is 6.54 Å². The van der Waals surface area contributed by atoms with Gasteiger partial charge in [0.2, 0.25) is 0 Å². The van der Waals surface area contributed by atoms with Gasteiger partial charge in [-0.3, -0.25) is 10.1 Å². The van der Waals surface area contributed by atoms with Gasteiger partial charge in [-0.2, -0.15) is 0 Å². The van der Waals surface area contributed by atoms with E-state index < -0.39 is 4.92 Å². The standard InChI is InChI=1S/C12H13ClN2O2/c1-2-3-4-7-14-9-10-5-6-11(13)12(8-10)15(16)17/h1,5-6,8,14H,3-4,7,9H2. The Kier molecular flexibility index (Phi) is 5.47. The van der Waals surface area contributed by atoms with E-state index in [1.54, 1.807) is 6.07 Å². The molecule has 0 saturated carbocycles. The Labute approximate surface area is 105 Å². The average molecular weight is 253 g/mol. The maximum absolute atomic E-state index is 10.7. The number of nitro groups is 1. The highest BCUT2D eigenvalue weighted by Crippen LogP contribution is 2.24. The van der Waals surface area contributed by atoms with Crippen LogP contribution in [0, 0.1) is 22.5 Å². The van der Waals surface area contributed by atoms with Crippen molar-refractivity contribution < 1.29 is 4.92 Å². The van der Waals surface area contributed by atoms with Crippen LogP contribution in [-0.2, 0) is 6.54 Å². The zero-order valence-electron chi connectivity index (χ0n) is 9.28. The molecule has 0 aromatic heterocycles. The molecule has 0 heterocycles. The smallest absolute Gasteiger partial charge is 0.288 e. The molecule has 0 aliphatic rings. The van der Waals surface area contributed by atoms with Gasteiger partial charge in [0.15, 0.2) is 0 Å². The Balaban J connectivity index is 2.52. The number of nitro benzene ring substituents is 1. The van der Waals surface area contributed by atoms with Gasteiger partial charge in [0.05, 0.1) is 4.92 Å².